The van der Waals surface area contributed by atoms with Gasteiger partial charge < -0.3 is 5.11 Å². The summed E-state index contributed by atoms with van der Waals surface area (Å²) < 4.78 is 1.11. The first-order chi connectivity index (χ1) is 9.15. The van der Waals surface area contributed by atoms with Crippen molar-refractivity contribution in [1.29, 1.82) is 0 Å². The molecule has 0 spiro atoms. The highest BCUT2D eigenvalue weighted by Crippen LogP contribution is 2.19. The maximum atomic E-state index is 10.1. The summed E-state index contributed by atoms with van der Waals surface area (Å²) in [4.78, 5) is 0. The molecule has 0 heterocycles. The molecule has 0 unspecified atom stereocenters. The standard InChI is InChI=1S/C16H18BBrO/c17-14-8-6-13(7-9-14)16(19)3-1-2-12-4-10-15(18)11-5-12/h4-11,16,19H,1-3,17H2/t16-/m1/s1. The molecule has 2 rings (SSSR count). The zero-order valence-electron chi connectivity index (χ0n) is 11.1. The van der Waals surface area contributed by atoms with Crippen molar-refractivity contribution in [3.63, 3.8) is 0 Å². The molecule has 98 valence electrons. The lowest BCUT2D eigenvalue weighted by Crippen LogP contribution is -2.04. The molecule has 0 aromatic heterocycles. The van der Waals surface area contributed by atoms with E-state index >= 15 is 0 Å². The van der Waals surface area contributed by atoms with E-state index in [9.17, 15) is 5.11 Å². The number of benzene rings is 2. The lowest BCUT2D eigenvalue weighted by Gasteiger charge is -2.11. The van der Waals surface area contributed by atoms with Crippen LogP contribution in [0.1, 0.15) is 30.1 Å². The fourth-order valence-electron chi connectivity index (χ4n) is 2.11. The van der Waals surface area contributed by atoms with Gasteiger partial charge in [0, 0.05) is 4.47 Å². The van der Waals surface area contributed by atoms with Crippen LogP contribution in [-0.2, 0) is 6.42 Å². The Hall–Kier alpha value is -1.06. The van der Waals surface area contributed by atoms with Gasteiger partial charge >= 0.3 is 0 Å². The third-order valence-electron chi connectivity index (χ3n) is 3.32. The third-order valence-corrected chi connectivity index (χ3v) is 3.85. The normalized spacial score (nSPS) is 12.3. The van der Waals surface area contributed by atoms with Gasteiger partial charge in [-0.25, -0.2) is 0 Å². The second-order valence-corrected chi connectivity index (χ2v) is 5.86. The van der Waals surface area contributed by atoms with Gasteiger partial charge in [-0.3, -0.25) is 0 Å². The molecule has 0 aliphatic rings. The molecule has 19 heavy (non-hydrogen) atoms. The van der Waals surface area contributed by atoms with Crippen LogP contribution in [-0.4, -0.2) is 13.0 Å². The van der Waals surface area contributed by atoms with Crippen LogP contribution >= 0.6 is 15.9 Å². The number of hydrogen-bond donors (Lipinski definition) is 1. The number of aliphatic hydroxyl groups excluding tert-OH is 1. The minimum absolute atomic E-state index is 0.351. The van der Waals surface area contributed by atoms with Gasteiger partial charge in [0.25, 0.3) is 0 Å². The first kappa shape index (κ1) is 14.4. The molecule has 0 aliphatic heterocycles. The van der Waals surface area contributed by atoms with E-state index in [4.69, 9.17) is 0 Å². The van der Waals surface area contributed by atoms with Crippen molar-refractivity contribution in [2.24, 2.45) is 0 Å². The van der Waals surface area contributed by atoms with Gasteiger partial charge in [-0.05, 0) is 42.5 Å². The topological polar surface area (TPSA) is 20.2 Å². The fraction of sp³-hybridized carbons (Fsp3) is 0.250. The highest BCUT2D eigenvalue weighted by atomic mass is 79.9. The van der Waals surface area contributed by atoms with Crippen molar-refractivity contribution in [3.05, 3.63) is 64.1 Å². The summed E-state index contributed by atoms with van der Waals surface area (Å²) in [6.45, 7) is 0. The van der Waals surface area contributed by atoms with E-state index in [1.807, 2.05) is 24.3 Å². The maximum Gasteiger partial charge on any atom is 0.139 e. The van der Waals surface area contributed by atoms with Crippen LogP contribution in [0.2, 0.25) is 0 Å². The summed E-state index contributed by atoms with van der Waals surface area (Å²) >= 11 is 3.43. The summed E-state index contributed by atoms with van der Waals surface area (Å²) in [5, 5.41) is 10.1. The molecule has 2 aromatic carbocycles. The molecule has 1 N–H and O–H groups in total. The highest BCUT2D eigenvalue weighted by Gasteiger charge is 2.06. The van der Waals surface area contributed by atoms with Gasteiger partial charge in [0.05, 0.1) is 6.10 Å². The molecule has 0 radical (unpaired) electrons. The van der Waals surface area contributed by atoms with Crippen molar-refractivity contribution in [2.45, 2.75) is 25.4 Å². The van der Waals surface area contributed by atoms with E-state index in [2.05, 4.69) is 48.0 Å². The van der Waals surface area contributed by atoms with E-state index < -0.39 is 0 Å². The molecule has 0 fully saturated rings. The van der Waals surface area contributed by atoms with Gasteiger partial charge in [0.2, 0.25) is 0 Å². The second kappa shape index (κ2) is 6.92. The van der Waals surface area contributed by atoms with E-state index in [1.54, 1.807) is 0 Å². The van der Waals surface area contributed by atoms with Crippen LogP contribution in [0.5, 0.6) is 0 Å². The predicted octanol–water partition coefficient (Wildman–Crippen LogP) is 2.76. The smallest absolute Gasteiger partial charge is 0.139 e. The molecule has 1 nitrogen and oxygen atoms in total. The summed E-state index contributed by atoms with van der Waals surface area (Å²) in [6.07, 6.45) is 2.46. The number of rotatable bonds is 5. The number of halogens is 1. The Morgan fingerprint density at radius 1 is 1.00 bits per heavy atom. The zero-order chi connectivity index (χ0) is 13.7. The lowest BCUT2D eigenvalue weighted by atomic mass is 9.93. The molecule has 0 saturated heterocycles. The van der Waals surface area contributed by atoms with Crippen molar-refractivity contribution >= 4 is 29.2 Å². The molecular formula is C16H18BBrO. The Kier molecular flexibility index (Phi) is 5.23. The van der Waals surface area contributed by atoms with Crippen LogP contribution in [0.3, 0.4) is 0 Å². The largest absolute Gasteiger partial charge is 0.388 e. The van der Waals surface area contributed by atoms with Crippen LogP contribution in [0, 0.1) is 0 Å². The number of hydrogen-bond acceptors (Lipinski definition) is 1. The Balaban J connectivity index is 1.82. The summed E-state index contributed by atoms with van der Waals surface area (Å²) in [6, 6.07) is 16.5. The fourth-order valence-corrected chi connectivity index (χ4v) is 2.37. The molecule has 0 amide bonds. The van der Waals surface area contributed by atoms with Crippen LogP contribution < -0.4 is 5.46 Å². The minimum atomic E-state index is -0.351. The molecule has 3 heteroatoms. The maximum absolute atomic E-state index is 10.1. The number of aliphatic hydroxyl groups is 1. The van der Waals surface area contributed by atoms with Crippen molar-refractivity contribution in [2.75, 3.05) is 0 Å². The Labute approximate surface area is 124 Å². The predicted molar refractivity (Wildman–Crippen MR) is 86.7 cm³/mol. The molecule has 0 saturated carbocycles. The molecule has 0 aliphatic carbocycles. The Morgan fingerprint density at radius 3 is 2.26 bits per heavy atom. The van der Waals surface area contributed by atoms with E-state index in [0.29, 0.717) is 0 Å². The average Bonchev–Trinajstić information content (AvgIpc) is 2.41. The third kappa shape index (κ3) is 4.52. The Bertz CT molecular complexity index is 507. The van der Waals surface area contributed by atoms with Crippen LogP contribution in [0.15, 0.2) is 53.0 Å². The first-order valence-corrected chi connectivity index (χ1v) is 7.43. The van der Waals surface area contributed by atoms with Gasteiger partial charge in [-0.1, -0.05) is 57.8 Å². The van der Waals surface area contributed by atoms with E-state index in [1.165, 1.54) is 11.0 Å². The first-order valence-electron chi connectivity index (χ1n) is 6.64. The van der Waals surface area contributed by atoms with Crippen molar-refractivity contribution in [3.8, 4) is 0 Å². The molecule has 0 bridgehead atoms. The zero-order valence-corrected chi connectivity index (χ0v) is 12.7. The van der Waals surface area contributed by atoms with E-state index in [0.717, 1.165) is 29.3 Å². The second-order valence-electron chi connectivity index (χ2n) is 4.95. The van der Waals surface area contributed by atoms with Gasteiger partial charge in [-0.15, -0.1) is 0 Å². The quantitative estimate of drug-likeness (QED) is 0.841. The van der Waals surface area contributed by atoms with Crippen molar-refractivity contribution in [1.82, 2.24) is 0 Å². The van der Waals surface area contributed by atoms with Crippen LogP contribution in [0.4, 0.5) is 0 Å². The average molecular weight is 317 g/mol. The summed E-state index contributed by atoms with van der Waals surface area (Å²) in [7, 11) is 2.06. The summed E-state index contributed by atoms with van der Waals surface area (Å²) in [5.74, 6) is 0. The van der Waals surface area contributed by atoms with Gasteiger partial charge in [0.15, 0.2) is 0 Å². The highest BCUT2D eigenvalue weighted by molar-refractivity contribution is 9.10. The SMILES string of the molecule is Bc1ccc([C@H](O)CCCc2ccc(Br)cc2)cc1. The summed E-state index contributed by atoms with van der Waals surface area (Å²) in [5.41, 5.74) is 3.56. The molecule has 2 aromatic rings. The molecular weight excluding hydrogens is 299 g/mol. The van der Waals surface area contributed by atoms with Gasteiger partial charge in [0.1, 0.15) is 7.85 Å². The van der Waals surface area contributed by atoms with Crippen LogP contribution in [0.25, 0.3) is 0 Å². The Morgan fingerprint density at radius 2 is 1.63 bits per heavy atom. The minimum Gasteiger partial charge on any atom is -0.388 e. The van der Waals surface area contributed by atoms with Gasteiger partial charge in [-0.2, -0.15) is 0 Å². The van der Waals surface area contributed by atoms with Crippen molar-refractivity contribution < 1.29 is 5.11 Å². The number of aryl methyl sites for hydroxylation is 1. The lowest BCUT2D eigenvalue weighted by molar-refractivity contribution is 0.165. The molecule has 1 atom stereocenters. The monoisotopic (exact) mass is 316 g/mol. The van der Waals surface area contributed by atoms with E-state index in [-0.39, 0.29) is 6.10 Å².